The highest BCUT2D eigenvalue weighted by Crippen LogP contribution is 2.42. The summed E-state index contributed by atoms with van der Waals surface area (Å²) in [5.74, 6) is -2.37. The van der Waals surface area contributed by atoms with Crippen molar-refractivity contribution in [2.45, 2.75) is 37.7 Å². The standard InChI is InChI=1S/C12H16F2N2O2/c1-18-11-5-9(15-7-16-11)10(17)4-8-2-3-12(13,14)6-8/h5,7-8,10,17H,2-4,6H2,1H3. The van der Waals surface area contributed by atoms with Crippen molar-refractivity contribution >= 4 is 0 Å². The van der Waals surface area contributed by atoms with Crippen LogP contribution in [0.1, 0.15) is 37.5 Å². The van der Waals surface area contributed by atoms with Crippen LogP contribution in [0.25, 0.3) is 0 Å². The molecular weight excluding hydrogens is 242 g/mol. The normalized spacial score (nSPS) is 23.9. The molecule has 100 valence electrons. The predicted molar refractivity (Wildman–Crippen MR) is 60.4 cm³/mol. The van der Waals surface area contributed by atoms with Gasteiger partial charge in [-0.25, -0.2) is 18.7 Å². The van der Waals surface area contributed by atoms with Crippen molar-refractivity contribution in [3.63, 3.8) is 0 Å². The van der Waals surface area contributed by atoms with Gasteiger partial charge in [-0.1, -0.05) is 0 Å². The van der Waals surface area contributed by atoms with E-state index in [1.54, 1.807) is 0 Å². The molecule has 0 spiro atoms. The Labute approximate surface area is 104 Å². The van der Waals surface area contributed by atoms with Crippen LogP contribution >= 0.6 is 0 Å². The topological polar surface area (TPSA) is 55.2 Å². The highest BCUT2D eigenvalue weighted by atomic mass is 19.3. The molecule has 1 aliphatic rings. The van der Waals surface area contributed by atoms with E-state index in [0.717, 1.165) is 0 Å². The Bertz CT molecular complexity index is 415. The van der Waals surface area contributed by atoms with Crippen LogP contribution in [0.5, 0.6) is 5.88 Å². The lowest BCUT2D eigenvalue weighted by molar-refractivity contribution is 0.00244. The van der Waals surface area contributed by atoms with Gasteiger partial charge in [-0.15, -0.1) is 0 Å². The summed E-state index contributed by atoms with van der Waals surface area (Å²) in [6.07, 6.45) is 0.965. The third kappa shape index (κ3) is 3.13. The summed E-state index contributed by atoms with van der Waals surface area (Å²) >= 11 is 0. The molecule has 1 aromatic heterocycles. The zero-order valence-electron chi connectivity index (χ0n) is 10.1. The summed E-state index contributed by atoms with van der Waals surface area (Å²) in [6.45, 7) is 0. The maximum absolute atomic E-state index is 13.0. The molecule has 0 bridgehead atoms. The van der Waals surface area contributed by atoms with E-state index >= 15 is 0 Å². The van der Waals surface area contributed by atoms with Crippen LogP contribution in [0.2, 0.25) is 0 Å². The largest absolute Gasteiger partial charge is 0.481 e. The van der Waals surface area contributed by atoms with Crippen LogP contribution < -0.4 is 4.74 Å². The van der Waals surface area contributed by atoms with Gasteiger partial charge in [-0.2, -0.15) is 0 Å². The Morgan fingerprint density at radius 3 is 2.94 bits per heavy atom. The van der Waals surface area contributed by atoms with Gasteiger partial charge in [-0.3, -0.25) is 0 Å². The van der Waals surface area contributed by atoms with Crippen LogP contribution in [-0.2, 0) is 0 Å². The molecule has 0 radical (unpaired) electrons. The molecular formula is C12H16F2N2O2. The molecule has 1 heterocycles. The molecule has 1 aromatic rings. The van der Waals surface area contributed by atoms with Crippen molar-refractivity contribution in [3.05, 3.63) is 18.1 Å². The van der Waals surface area contributed by atoms with E-state index in [1.165, 1.54) is 19.5 Å². The van der Waals surface area contributed by atoms with E-state index in [0.29, 0.717) is 24.4 Å². The van der Waals surface area contributed by atoms with Gasteiger partial charge in [0.05, 0.1) is 18.9 Å². The summed E-state index contributed by atoms with van der Waals surface area (Å²) in [7, 11) is 1.47. The second kappa shape index (κ2) is 5.14. The van der Waals surface area contributed by atoms with Gasteiger partial charge < -0.3 is 9.84 Å². The van der Waals surface area contributed by atoms with E-state index in [2.05, 4.69) is 9.97 Å². The lowest BCUT2D eigenvalue weighted by Gasteiger charge is -2.15. The fourth-order valence-electron chi connectivity index (χ4n) is 2.33. The third-order valence-corrected chi connectivity index (χ3v) is 3.28. The molecule has 1 N–H and O–H groups in total. The number of aliphatic hydroxyl groups excluding tert-OH is 1. The smallest absolute Gasteiger partial charge is 0.248 e. The monoisotopic (exact) mass is 258 g/mol. The molecule has 0 saturated heterocycles. The van der Waals surface area contributed by atoms with Gasteiger partial charge in [0.1, 0.15) is 6.33 Å². The van der Waals surface area contributed by atoms with E-state index in [1.807, 2.05) is 0 Å². The number of aliphatic hydroxyl groups is 1. The molecule has 0 amide bonds. The van der Waals surface area contributed by atoms with Crippen LogP contribution in [0, 0.1) is 5.92 Å². The summed E-state index contributed by atoms with van der Waals surface area (Å²) in [5.41, 5.74) is 0.414. The molecule has 2 atom stereocenters. The van der Waals surface area contributed by atoms with Crippen LogP contribution in [0.15, 0.2) is 12.4 Å². The quantitative estimate of drug-likeness (QED) is 0.900. The molecule has 0 aliphatic heterocycles. The molecule has 1 saturated carbocycles. The number of hydrogen-bond donors (Lipinski definition) is 1. The highest BCUT2D eigenvalue weighted by Gasteiger charge is 2.40. The number of halogens is 2. The second-order valence-electron chi connectivity index (χ2n) is 4.70. The molecule has 1 fully saturated rings. The molecule has 6 heteroatoms. The fourth-order valence-corrected chi connectivity index (χ4v) is 2.33. The predicted octanol–water partition coefficient (Wildman–Crippen LogP) is 2.34. The van der Waals surface area contributed by atoms with E-state index in [-0.39, 0.29) is 18.8 Å². The van der Waals surface area contributed by atoms with Gasteiger partial charge in [0.15, 0.2) is 0 Å². The van der Waals surface area contributed by atoms with E-state index < -0.39 is 12.0 Å². The first-order chi connectivity index (χ1) is 8.50. The third-order valence-electron chi connectivity index (χ3n) is 3.28. The van der Waals surface area contributed by atoms with Crippen LogP contribution in [0.3, 0.4) is 0 Å². The summed E-state index contributed by atoms with van der Waals surface area (Å²) in [6, 6.07) is 1.53. The summed E-state index contributed by atoms with van der Waals surface area (Å²) in [4.78, 5) is 7.77. The minimum Gasteiger partial charge on any atom is -0.481 e. The Kier molecular flexibility index (Phi) is 3.75. The van der Waals surface area contributed by atoms with Gasteiger partial charge in [-0.05, 0) is 18.8 Å². The average Bonchev–Trinajstić information content (AvgIpc) is 2.68. The molecule has 2 rings (SSSR count). The zero-order valence-corrected chi connectivity index (χ0v) is 10.1. The Morgan fingerprint density at radius 1 is 1.56 bits per heavy atom. The van der Waals surface area contributed by atoms with Crippen molar-refractivity contribution in [1.82, 2.24) is 9.97 Å². The van der Waals surface area contributed by atoms with Crippen molar-refractivity contribution in [3.8, 4) is 5.88 Å². The molecule has 18 heavy (non-hydrogen) atoms. The lowest BCUT2D eigenvalue weighted by atomic mass is 9.98. The zero-order chi connectivity index (χ0) is 13.2. The fraction of sp³-hybridized carbons (Fsp3) is 0.667. The number of rotatable bonds is 4. The van der Waals surface area contributed by atoms with Crippen molar-refractivity contribution in [2.24, 2.45) is 5.92 Å². The highest BCUT2D eigenvalue weighted by molar-refractivity contribution is 5.15. The number of methoxy groups -OCH3 is 1. The first-order valence-electron chi connectivity index (χ1n) is 5.92. The van der Waals surface area contributed by atoms with Crippen molar-refractivity contribution < 1.29 is 18.6 Å². The minimum absolute atomic E-state index is 0.0858. The lowest BCUT2D eigenvalue weighted by Crippen LogP contribution is -2.12. The van der Waals surface area contributed by atoms with Crippen molar-refractivity contribution in [1.29, 1.82) is 0 Å². The number of ether oxygens (including phenoxy) is 1. The number of aromatic nitrogens is 2. The van der Waals surface area contributed by atoms with Gasteiger partial charge in [0.2, 0.25) is 11.8 Å². The van der Waals surface area contributed by atoms with Crippen molar-refractivity contribution in [2.75, 3.05) is 7.11 Å². The number of hydrogen-bond acceptors (Lipinski definition) is 4. The summed E-state index contributed by atoms with van der Waals surface area (Å²) < 4.78 is 31.0. The van der Waals surface area contributed by atoms with Crippen LogP contribution in [-0.4, -0.2) is 28.1 Å². The summed E-state index contributed by atoms with van der Waals surface area (Å²) in [5, 5.41) is 9.98. The average molecular weight is 258 g/mol. The maximum atomic E-state index is 13.0. The molecule has 2 unspecified atom stereocenters. The van der Waals surface area contributed by atoms with Gasteiger partial charge >= 0.3 is 0 Å². The minimum atomic E-state index is -2.58. The SMILES string of the molecule is COc1cc(C(O)CC2CCC(F)(F)C2)ncn1. The number of alkyl halides is 2. The van der Waals surface area contributed by atoms with Gasteiger partial charge in [0, 0.05) is 18.9 Å². The first-order valence-corrected chi connectivity index (χ1v) is 5.92. The molecule has 4 nitrogen and oxygen atoms in total. The van der Waals surface area contributed by atoms with Crippen LogP contribution in [0.4, 0.5) is 8.78 Å². The van der Waals surface area contributed by atoms with E-state index in [9.17, 15) is 13.9 Å². The second-order valence-corrected chi connectivity index (χ2v) is 4.70. The Morgan fingerprint density at radius 2 is 2.33 bits per heavy atom. The van der Waals surface area contributed by atoms with E-state index in [4.69, 9.17) is 4.74 Å². The molecule has 0 aromatic carbocycles. The first kappa shape index (κ1) is 13.1. The number of nitrogens with zero attached hydrogens (tertiary/aromatic N) is 2. The Hall–Kier alpha value is -1.30. The molecule has 1 aliphatic carbocycles. The van der Waals surface area contributed by atoms with Gasteiger partial charge in [0.25, 0.3) is 0 Å². The maximum Gasteiger partial charge on any atom is 0.248 e. The Balaban J connectivity index is 1.97.